The van der Waals surface area contributed by atoms with Crippen LogP contribution < -0.4 is 0 Å². The van der Waals surface area contributed by atoms with Crippen molar-refractivity contribution in [2.24, 2.45) is 4.99 Å². The van der Waals surface area contributed by atoms with Crippen molar-refractivity contribution in [3.8, 4) is 0 Å². The van der Waals surface area contributed by atoms with Gasteiger partial charge in [0.15, 0.2) is 0 Å². The molecule has 20 heavy (non-hydrogen) atoms. The van der Waals surface area contributed by atoms with Gasteiger partial charge in [-0.25, -0.2) is 4.99 Å². The molecule has 0 atom stereocenters. The topological polar surface area (TPSA) is 57.8 Å². The SMILES string of the molecule is CN1CCN(Cc2nnc(/N=C/c3ccco3)s2)CC1. The van der Waals surface area contributed by atoms with E-state index in [-0.39, 0.29) is 0 Å². The van der Waals surface area contributed by atoms with Crippen molar-refractivity contribution in [3.63, 3.8) is 0 Å². The molecular weight excluding hydrogens is 274 g/mol. The Bertz CT molecular complexity index is 557. The highest BCUT2D eigenvalue weighted by Gasteiger charge is 2.15. The number of rotatable bonds is 4. The summed E-state index contributed by atoms with van der Waals surface area (Å²) in [6, 6.07) is 3.69. The van der Waals surface area contributed by atoms with Crippen LogP contribution in [-0.4, -0.2) is 59.4 Å². The van der Waals surface area contributed by atoms with Crippen LogP contribution in [0.3, 0.4) is 0 Å². The molecule has 6 nitrogen and oxygen atoms in total. The maximum atomic E-state index is 5.19. The lowest BCUT2D eigenvalue weighted by Gasteiger charge is -2.31. The summed E-state index contributed by atoms with van der Waals surface area (Å²) in [5.74, 6) is 0.723. The van der Waals surface area contributed by atoms with Crippen molar-refractivity contribution in [1.29, 1.82) is 0 Å². The van der Waals surface area contributed by atoms with E-state index in [1.165, 1.54) is 11.3 Å². The predicted molar refractivity (Wildman–Crippen MR) is 78.6 cm³/mol. The lowest BCUT2D eigenvalue weighted by Crippen LogP contribution is -2.43. The second-order valence-corrected chi connectivity index (χ2v) is 5.87. The Balaban J connectivity index is 1.57. The van der Waals surface area contributed by atoms with Crippen molar-refractivity contribution >= 4 is 22.7 Å². The highest BCUT2D eigenvalue weighted by molar-refractivity contribution is 7.14. The zero-order valence-electron chi connectivity index (χ0n) is 11.4. The molecule has 0 radical (unpaired) electrons. The third kappa shape index (κ3) is 3.50. The van der Waals surface area contributed by atoms with Gasteiger partial charge in [-0.2, -0.15) is 0 Å². The first-order valence-electron chi connectivity index (χ1n) is 6.60. The van der Waals surface area contributed by atoms with E-state index >= 15 is 0 Å². The molecule has 1 fully saturated rings. The van der Waals surface area contributed by atoms with Crippen LogP contribution in [0.5, 0.6) is 0 Å². The summed E-state index contributed by atoms with van der Waals surface area (Å²) in [6.07, 6.45) is 3.29. The minimum atomic E-state index is 0.672. The number of likely N-dealkylation sites (N-methyl/N-ethyl adjacent to an activating group) is 1. The molecule has 0 N–H and O–H groups in total. The van der Waals surface area contributed by atoms with Crippen LogP contribution in [0.15, 0.2) is 27.8 Å². The van der Waals surface area contributed by atoms with E-state index in [1.807, 2.05) is 12.1 Å². The third-order valence-corrected chi connectivity index (χ3v) is 4.07. The number of hydrogen-bond donors (Lipinski definition) is 0. The summed E-state index contributed by atoms with van der Waals surface area (Å²) in [5.41, 5.74) is 0. The molecule has 1 saturated heterocycles. The maximum absolute atomic E-state index is 5.19. The van der Waals surface area contributed by atoms with Crippen LogP contribution >= 0.6 is 11.3 Å². The van der Waals surface area contributed by atoms with Crippen molar-refractivity contribution in [2.75, 3.05) is 33.2 Å². The highest BCUT2D eigenvalue weighted by Crippen LogP contribution is 2.20. The molecule has 3 heterocycles. The quantitative estimate of drug-likeness (QED) is 0.801. The summed E-state index contributed by atoms with van der Waals surface area (Å²) >= 11 is 1.53. The van der Waals surface area contributed by atoms with Gasteiger partial charge in [-0.15, -0.1) is 10.2 Å². The van der Waals surface area contributed by atoms with E-state index < -0.39 is 0 Å². The first-order chi connectivity index (χ1) is 9.79. The molecule has 1 aliphatic heterocycles. The monoisotopic (exact) mass is 291 g/mol. The van der Waals surface area contributed by atoms with Gasteiger partial charge in [0.05, 0.1) is 19.0 Å². The summed E-state index contributed by atoms with van der Waals surface area (Å²) in [4.78, 5) is 9.02. The molecule has 106 valence electrons. The minimum absolute atomic E-state index is 0.672. The molecule has 3 rings (SSSR count). The average molecular weight is 291 g/mol. The van der Waals surface area contributed by atoms with Crippen molar-refractivity contribution in [2.45, 2.75) is 6.54 Å². The Morgan fingerprint density at radius 1 is 1.35 bits per heavy atom. The lowest BCUT2D eigenvalue weighted by molar-refractivity contribution is 0.148. The second kappa shape index (κ2) is 6.25. The van der Waals surface area contributed by atoms with Crippen LogP contribution in [0, 0.1) is 0 Å². The standard InChI is InChI=1S/C13H17N5OS/c1-17-4-6-18(7-5-17)10-12-15-16-13(20-12)14-9-11-3-2-8-19-11/h2-3,8-9H,4-7,10H2,1H3/b14-9+. The average Bonchev–Trinajstić information content (AvgIpc) is 3.10. The van der Waals surface area contributed by atoms with Gasteiger partial charge in [0.25, 0.3) is 0 Å². The highest BCUT2D eigenvalue weighted by atomic mass is 32.1. The van der Waals surface area contributed by atoms with Crippen LogP contribution in [0.2, 0.25) is 0 Å². The maximum Gasteiger partial charge on any atom is 0.231 e. The fourth-order valence-electron chi connectivity index (χ4n) is 2.04. The molecular formula is C13H17N5OS. The van der Waals surface area contributed by atoms with Crippen LogP contribution in [0.4, 0.5) is 5.13 Å². The molecule has 7 heteroatoms. The van der Waals surface area contributed by atoms with Gasteiger partial charge < -0.3 is 9.32 Å². The van der Waals surface area contributed by atoms with Gasteiger partial charge in [0.2, 0.25) is 5.13 Å². The molecule has 2 aromatic heterocycles. The molecule has 0 aliphatic carbocycles. The summed E-state index contributed by atoms with van der Waals surface area (Å²) in [6.45, 7) is 5.26. The van der Waals surface area contributed by atoms with E-state index in [0.29, 0.717) is 5.13 Å². The van der Waals surface area contributed by atoms with E-state index in [4.69, 9.17) is 4.42 Å². The normalized spacial score (nSPS) is 18.1. The Labute approximate surface area is 121 Å². The molecule has 0 spiro atoms. The Morgan fingerprint density at radius 3 is 2.95 bits per heavy atom. The molecule has 0 bridgehead atoms. The third-order valence-electron chi connectivity index (χ3n) is 3.26. The van der Waals surface area contributed by atoms with E-state index in [9.17, 15) is 0 Å². The van der Waals surface area contributed by atoms with Crippen LogP contribution in [0.25, 0.3) is 0 Å². The van der Waals surface area contributed by atoms with Crippen molar-refractivity contribution in [3.05, 3.63) is 29.2 Å². The van der Waals surface area contributed by atoms with Gasteiger partial charge >= 0.3 is 0 Å². The zero-order chi connectivity index (χ0) is 13.8. The fraction of sp³-hybridized carbons (Fsp3) is 0.462. The number of furan rings is 1. The Kier molecular flexibility index (Phi) is 4.19. The summed E-state index contributed by atoms with van der Waals surface area (Å²) < 4.78 is 5.19. The molecule has 0 aromatic carbocycles. The predicted octanol–water partition coefficient (Wildman–Crippen LogP) is 1.63. The smallest absolute Gasteiger partial charge is 0.231 e. The van der Waals surface area contributed by atoms with Gasteiger partial charge in [-0.3, -0.25) is 4.90 Å². The largest absolute Gasteiger partial charge is 0.463 e. The lowest BCUT2D eigenvalue weighted by atomic mass is 10.3. The summed E-state index contributed by atoms with van der Waals surface area (Å²) in [7, 11) is 2.16. The fourth-order valence-corrected chi connectivity index (χ4v) is 2.77. The van der Waals surface area contributed by atoms with Crippen LogP contribution in [-0.2, 0) is 6.54 Å². The number of aliphatic imine (C=N–C) groups is 1. The number of aromatic nitrogens is 2. The Hall–Kier alpha value is -1.57. The molecule has 0 amide bonds. The van der Waals surface area contributed by atoms with Crippen LogP contribution in [0.1, 0.15) is 10.8 Å². The van der Waals surface area contributed by atoms with Gasteiger partial charge in [-0.1, -0.05) is 11.3 Å². The van der Waals surface area contributed by atoms with E-state index in [0.717, 1.165) is 43.5 Å². The number of piperazine rings is 1. The first kappa shape index (κ1) is 13.4. The van der Waals surface area contributed by atoms with Gasteiger partial charge in [0.1, 0.15) is 10.8 Å². The van der Waals surface area contributed by atoms with E-state index in [1.54, 1.807) is 12.5 Å². The van der Waals surface area contributed by atoms with E-state index in [2.05, 4.69) is 32.0 Å². The number of hydrogen-bond acceptors (Lipinski definition) is 7. The van der Waals surface area contributed by atoms with Crippen molar-refractivity contribution < 1.29 is 4.42 Å². The molecule has 0 unspecified atom stereocenters. The van der Waals surface area contributed by atoms with Gasteiger partial charge in [0, 0.05) is 26.2 Å². The minimum Gasteiger partial charge on any atom is -0.463 e. The molecule has 1 aliphatic rings. The molecule has 0 saturated carbocycles. The molecule has 2 aromatic rings. The Morgan fingerprint density at radius 2 is 2.20 bits per heavy atom. The second-order valence-electron chi connectivity index (χ2n) is 4.83. The number of nitrogens with zero attached hydrogens (tertiary/aromatic N) is 5. The zero-order valence-corrected chi connectivity index (χ0v) is 12.2. The summed E-state index contributed by atoms with van der Waals surface area (Å²) in [5, 5.41) is 9.97. The van der Waals surface area contributed by atoms with Gasteiger partial charge in [-0.05, 0) is 19.2 Å². The van der Waals surface area contributed by atoms with Crippen molar-refractivity contribution in [1.82, 2.24) is 20.0 Å². The first-order valence-corrected chi connectivity index (χ1v) is 7.42.